The molecule has 0 saturated heterocycles. The number of hydrogen-bond acceptors (Lipinski definition) is 4. The first-order valence-electron chi connectivity index (χ1n) is 10.1. The van der Waals surface area contributed by atoms with Crippen LogP contribution in [-0.2, 0) is 10.2 Å². The first kappa shape index (κ1) is 22.0. The quantitative estimate of drug-likeness (QED) is 0.449. The Hall–Kier alpha value is -4.23. The van der Waals surface area contributed by atoms with Crippen LogP contribution in [0.4, 0.5) is 0 Å². The van der Waals surface area contributed by atoms with E-state index in [2.05, 4.69) is 0 Å². The standard InChI is InChI=1S/C26H20N2O4S/c29-25(23-15-11-21(12-16-23)19-7-3-1-4-8-19)27-33(31,32)28-26(30)24-17-13-22(14-18-24)20-9-5-2-6-10-20/h1-18H,(H,27,29)(H,28,30). The summed E-state index contributed by atoms with van der Waals surface area (Å²) < 4.78 is 28.4. The van der Waals surface area contributed by atoms with Crippen LogP contribution in [0.5, 0.6) is 0 Å². The van der Waals surface area contributed by atoms with E-state index in [1.165, 1.54) is 24.3 Å². The van der Waals surface area contributed by atoms with E-state index in [1.807, 2.05) is 70.1 Å². The summed E-state index contributed by atoms with van der Waals surface area (Å²) in [6.45, 7) is 0. The lowest BCUT2D eigenvalue weighted by atomic mass is 10.0. The van der Waals surface area contributed by atoms with Gasteiger partial charge in [-0.2, -0.15) is 8.42 Å². The Morgan fingerprint density at radius 1 is 0.455 bits per heavy atom. The molecule has 6 nitrogen and oxygen atoms in total. The SMILES string of the molecule is O=C(NS(=O)(=O)NC(=O)c1ccc(-c2ccccc2)cc1)c1ccc(-c2ccccc2)cc1. The molecule has 33 heavy (non-hydrogen) atoms. The second kappa shape index (κ2) is 9.50. The minimum atomic E-state index is -4.40. The summed E-state index contributed by atoms with van der Waals surface area (Å²) >= 11 is 0. The summed E-state index contributed by atoms with van der Waals surface area (Å²) in [5, 5.41) is 0. The van der Waals surface area contributed by atoms with Gasteiger partial charge in [0.1, 0.15) is 0 Å². The molecule has 0 fully saturated rings. The van der Waals surface area contributed by atoms with E-state index in [1.54, 1.807) is 24.3 Å². The number of benzene rings is 4. The van der Waals surface area contributed by atoms with Crippen LogP contribution in [0.3, 0.4) is 0 Å². The third kappa shape index (κ3) is 5.53. The van der Waals surface area contributed by atoms with Gasteiger partial charge < -0.3 is 0 Å². The Bertz CT molecular complexity index is 1270. The van der Waals surface area contributed by atoms with Gasteiger partial charge in [0, 0.05) is 11.1 Å². The van der Waals surface area contributed by atoms with Crippen LogP contribution < -0.4 is 9.44 Å². The van der Waals surface area contributed by atoms with Crippen LogP contribution in [0.2, 0.25) is 0 Å². The van der Waals surface area contributed by atoms with E-state index >= 15 is 0 Å². The number of nitrogens with one attached hydrogen (secondary N) is 2. The molecule has 0 saturated carbocycles. The fourth-order valence-corrected chi connectivity index (χ4v) is 4.05. The summed E-state index contributed by atoms with van der Waals surface area (Å²) in [4.78, 5) is 24.8. The Morgan fingerprint density at radius 3 is 1.09 bits per heavy atom. The van der Waals surface area contributed by atoms with Crippen molar-refractivity contribution in [2.75, 3.05) is 0 Å². The summed E-state index contributed by atoms with van der Waals surface area (Å²) in [6.07, 6.45) is 0. The summed E-state index contributed by atoms with van der Waals surface area (Å²) in [5.74, 6) is -1.68. The van der Waals surface area contributed by atoms with Gasteiger partial charge in [0.15, 0.2) is 0 Å². The molecule has 4 rings (SSSR count). The summed E-state index contributed by atoms with van der Waals surface area (Å²) in [5.41, 5.74) is 4.04. The van der Waals surface area contributed by atoms with E-state index in [0.717, 1.165) is 22.3 Å². The molecule has 0 spiro atoms. The van der Waals surface area contributed by atoms with E-state index in [9.17, 15) is 18.0 Å². The van der Waals surface area contributed by atoms with Crippen LogP contribution in [0.25, 0.3) is 22.3 Å². The zero-order valence-corrected chi connectivity index (χ0v) is 18.3. The van der Waals surface area contributed by atoms with Gasteiger partial charge >= 0.3 is 10.2 Å². The maximum Gasteiger partial charge on any atom is 0.326 e. The van der Waals surface area contributed by atoms with Gasteiger partial charge in [-0.15, -0.1) is 0 Å². The van der Waals surface area contributed by atoms with Crippen molar-refractivity contribution in [2.24, 2.45) is 0 Å². The molecular formula is C26H20N2O4S. The lowest BCUT2D eigenvalue weighted by Crippen LogP contribution is -2.43. The zero-order valence-electron chi connectivity index (χ0n) is 17.4. The highest BCUT2D eigenvalue weighted by Gasteiger charge is 2.19. The highest BCUT2D eigenvalue weighted by atomic mass is 32.2. The van der Waals surface area contributed by atoms with E-state index in [-0.39, 0.29) is 11.1 Å². The Balaban J connectivity index is 1.40. The molecule has 0 heterocycles. The predicted octanol–water partition coefficient (Wildman–Crippen LogP) is 4.43. The van der Waals surface area contributed by atoms with Gasteiger partial charge in [-0.05, 0) is 46.5 Å². The third-order valence-electron chi connectivity index (χ3n) is 4.96. The molecular weight excluding hydrogens is 436 g/mol. The molecule has 164 valence electrons. The third-order valence-corrected chi connectivity index (χ3v) is 5.87. The van der Waals surface area contributed by atoms with Crippen molar-refractivity contribution in [1.29, 1.82) is 0 Å². The number of carbonyl (C=O) groups excluding carboxylic acids is 2. The Kier molecular flexibility index (Phi) is 6.33. The second-order valence-corrected chi connectivity index (χ2v) is 8.67. The molecule has 4 aromatic carbocycles. The molecule has 0 aliphatic heterocycles. The molecule has 2 amide bonds. The van der Waals surface area contributed by atoms with Crippen molar-refractivity contribution in [3.05, 3.63) is 120 Å². The molecule has 0 unspecified atom stereocenters. The van der Waals surface area contributed by atoms with E-state index in [4.69, 9.17) is 0 Å². The Morgan fingerprint density at radius 2 is 0.758 bits per heavy atom. The Labute approximate surface area is 192 Å². The van der Waals surface area contributed by atoms with Gasteiger partial charge in [-0.1, -0.05) is 84.9 Å². The first-order valence-corrected chi connectivity index (χ1v) is 11.6. The normalized spacial score (nSPS) is 10.9. The molecule has 4 aromatic rings. The number of amides is 2. The van der Waals surface area contributed by atoms with Crippen LogP contribution in [0.15, 0.2) is 109 Å². The molecule has 0 aliphatic rings. The highest BCUT2D eigenvalue weighted by molar-refractivity contribution is 7.88. The maximum absolute atomic E-state index is 12.4. The van der Waals surface area contributed by atoms with Crippen LogP contribution >= 0.6 is 0 Å². The lowest BCUT2D eigenvalue weighted by Gasteiger charge is -2.10. The molecule has 0 aliphatic carbocycles. The molecule has 0 atom stereocenters. The molecule has 0 radical (unpaired) electrons. The fraction of sp³-hybridized carbons (Fsp3) is 0. The minimum Gasteiger partial charge on any atom is -0.268 e. The average molecular weight is 457 g/mol. The van der Waals surface area contributed by atoms with Gasteiger partial charge in [-0.25, -0.2) is 9.44 Å². The number of carbonyl (C=O) groups is 2. The van der Waals surface area contributed by atoms with Crippen molar-refractivity contribution in [3.63, 3.8) is 0 Å². The molecule has 0 aromatic heterocycles. The topological polar surface area (TPSA) is 92.3 Å². The maximum atomic E-state index is 12.4. The zero-order chi connectivity index (χ0) is 23.3. The lowest BCUT2D eigenvalue weighted by molar-refractivity contribution is 0.0976. The van der Waals surface area contributed by atoms with Gasteiger partial charge in [0.25, 0.3) is 11.8 Å². The van der Waals surface area contributed by atoms with Crippen LogP contribution in [0.1, 0.15) is 20.7 Å². The first-order chi connectivity index (χ1) is 15.9. The van der Waals surface area contributed by atoms with Crippen LogP contribution in [0, 0.1) is 0 Å². The van der Waals surface area contributed by atoms with Gasteiger partial charge in [0.05, 0.1) is 0 Å². The van der Waals surface area contributed by atoms with Crippen molar-refractivity contribution >= 4 is 22.0 Å². The number of hydrogen-bond donors (Lipinski definition) is 2. The van der Waals surface area contributed by atoms with E-state index < -0.39 is 22.0 Å². The molecule has 0 bridgehead atoms. The monoisotopic (exact) mass is 456 g/mol. The minimum absolute atomic E-state index is 0.153. The van der Waals surface area contributed by atoms with Crippen molar-refractivity contribution < 1.29 is 18.0 Å². The van der Waals surface area contributed by atoms with Crippen LogP contribution in [-0.4, -0.2) is 20.2 Å². The van der Waals surface area contributed by atoms with E-state index in [0.29, 0.717) is 0 Å². The fourth-order valence-electron chi connectivity index (χ4n) is 3.28. The molecule has 2 N–H and O–H groups in total. The molecule has 7 heteroatoms. The van der Waals surface area contributed by atoms with Gasteiger partial charge in [-0.3, -0.25) is 9.59 Å². The number of rotatable bonds is 6. The largest absolute Gasteiger partial charge is 0.326 e. The van der Waals surface area contributed by atoms with Crippen molar-refractivity contribution in [3.8, 4) is 22.3 Å². The summed E-state index contributed by atoms with van der Waals surface area (Å²) in [6, 6.07) is 32.2. The second-order valence-electron chi connectivity index (χ2n) is 7.25. The van der Waals surface area contributed by atoms with Crippen molar-refractivity contribution in [2.45, 2.75) is 0 Å². The van der Waals surface area contributed by atoms with Gasteiger partial charge in [0.2, 0.25) is 0 Å². The smallest absolute Gasteiger partial charge is 0.268 e. The predicted molar refractivity (Wildman–Crippen MR) is 128 cm³/mol. The van der Waals surface area contributed by atoms with Crippen molar-refractivity contribution in [1.82, 2.24) is 9.44 Å². The summed E-state index contributed by atoms with van der Waals surface area (Å²) in [7, 11) is -4.40. The highest BCUT2D eigenvalue weighted by Crippen LogP contribution is 2.20. The average Bonchev–Trinajstić information content (AvgIpc) is 2.85.